The number of likely N-dealkylation sites (tertiary alicyclic amines) is 1. The first-order valence-electron chi connectivity index (χ1n) is 42.6. The third-order valence-corrected chi connectivity index (χ3v) is 26.3. The Morgan fingerprint density at radius 2 is 0.734 bits per heavy atom. The summed E-state index contributed by atoms with van der Waals surface area (Å²) in [6, 6.07) is 20.8. The van der Waals surface area contributed by atoms with Crippen LogP contribution in [0, 0.1) is 41.5 Å². The van der Waals surface area contributed by atoms with Crippen molar-refractivity contribution in [2.24, 2.45) is 41.0 Å². The fourth-order valence-corrected chi connectivity index (χ4v) is 19.9. The molecule has 1 fully saturated rings. The van der Waals surface area contributed by atoms with Crippen molar-refractivity contribution in [2.45, 2.75) is 113 Å². The Kier molecular flexibility index (Phi) is 21.5. The van der Waals surface area contributed by atoms with Crippen LogP contribution in [0.3, 0.4) is 0 Å². The monoisotopic (exact) mass is 1670 g/mol. The molecule has 4 atom stereocenters. The number of anilines is 4. The largest absolute Gasteiger partial charge is 0.489 e. The number of aliphatic hydroxyl groups excluding tert-OH is 1. The van der Waals surface area contributed by atoms with E-state index in [1.54, 1.807) is 80.4 Å². The molecule has 642 valence electrons. The first kappa shape index (κ1) is 83.6. The van der Waals surface area contributed by atoms with Crippen molar-refractivity contribution < 1.29 is 28.8 Å². The average Bonchev–Trinajstić information content (AvgIpc) is 1.07. The van der Waals surface area contributed by atoms with Crippen molar-refractivity contribution in [3.63, 3.8) is 0 Å². The van der Waals surface area contributed by atoms with Gasteiger partial charge in [0.25, 0.3) is 33.4 Å². The maximum atomic E-state index is 12.7. The van der Waals surface area contributed by atoms with E-state index >= 15 is 0 Å². The van der Waals surface area contributed by atoms with E-state index < -0.39 is 6.10 Å². The predicted molar refractivity (Wildman–Crippen MR) is 500 cm³/mol. The number of rotatable bonds is 4. The van der Waals surface area contributed by atoms with Gasteiger partial charge in [-0.25, -0.2) is 0 Å². The number of aryl methyl sites for hydroxylation is 11. The summed E-state index contributed by atoms with van der Waals surface area (Å²) in [7, 11) is 10.8. The number of nitrogens with two attached hydrogens (primary N) is 1. The topological polar surface area (TPSA) is 253 Å². The highest BCUT2D eigenvalue weighted by molar-refractivity contribution is 6.07. The Bertz CT molecular complexity index is 6930. The molecule has 25 heteroatoms. The third-order valence-electron chi connectivity index (χ3n) is 26.3. The van der Waals surface area contributed by atoms with Gasteiger partial charge in [0.1, 0.15) is 32.5 Å². The molecule has 0 radical (unpaired) electrons. The highest BCUT2D eigenvalue weighted by Gasteiger charge is 2.40. The van der Waals surface area contributed by atoms with Crippen molar-refractivity contribution in [3.05, 3.63) is 258 Å². The average molecular weight is 1670 g/mol. The van der Waals surface area contributed by atoms with Crippen LogP contribution in [0.1, 0.15) is 109 Å². The molecule has 0 spiro atoms. The Morgan fingerprint density at radius 1 is 0.387 bits per heavy atom. The van der Waals surface area contributed by atoms with Crippen molar-refractivity contribution in [1.29, 1.82) is 0 Å². The molecule has 21 rings (SSSR count). The van der Waals surface area contributed by atoms with Crippen LogP contribution in [0.15, 0.2) is 169 Å². The lowest BCUT2D eigenvalue weighted by Gasteiger charge is -2.44. The number of nitrogens with one attached hydrogen (secondary N) is 1. The van der Waals surface area contributed by atoms with Crippen molar-refractivity contribution in [3.8, 4) is 28.7 Å². The zero-order valence-corrected chi connectivity index (χ0v) is 73.8. The van der Waals surface area contributed by atoms with E-state index in [0.29, 0.717) is 57.6 Å². The number of benzene rings is 5. The lowest BCUT2D eigenvalue weighted by Crippen LogP contribution is -2.49. The maximum Gasteiger partial charge on any atom is 0.251 e. The molecular weight excluding hydrogens is 1560 g/mol. The van der Waals surface area contributed by atoms with Gasteiger partial charge >= 0.3 is 0 Å². The predicted octanol–water partition coefficient (Wildman–Crippen LogP) is 13.1. The van der Waals surface area contributed by atoms with Gasteiger partial charge in [-0.15, -0.1) is 0 Å². The second-order valence-corrected chi connectivity index (χ2v) is 34.9. The van der Waals surface area contributed by atoms with Crippen LogP contribution in [-0.2, 0) is 35.2 Å². The number of hydrogen-bond acceptors (Lipinski definition) is 19. The smallest absolute Gasteiger partial charge is 0.251 e. The number of aromatic nitrogens is 6. The van der Waals surface area contributed by atoms with Crippen molar-refractivity contribution >= 4 is 110 Å². The molecule has 0 bridgehead atoms. The molecule has 4 unspecified atom stereocenters. The van der Waals surface area contributed by atoms with Crippen LogP contribution in [0.4, 0.5) is 22.7 Å². The summed E-state index contributed by atoms with van der Waals surface area (Å²) >= 11 is 0. The summed E-state index contributed by atoms with van der Waals surface area (Å²) in [4.78, 5) is 85.5. The second-order valence-electron chi connectivity index (χ2n) is 34.9. The molecule has 10 aliphatic heterocycles. The molecule has 0 aliphatic carbocycles. The van der Waals surface area contributed by atoms with Crippen LogP contribution in [0.5, 0.6) is 28.7 Å². The lowest BCUT2D eigenvalue weighted by atomic mass is 9.92. The van der Waals surface area contributed by atoms with Crippen LogP contribution in [-0.4, -0.2) is 141 Å². The fourth-order valence-electron chi connectivity index (χ4n) is 19.9. The van der Waals surface area contributed by atoms with E-state index in [4.69, 9.17) is 29.4 Å². The molecule has 1 saturated heterocycles. The van der Waals surface area contributed by atoms with Crippen LogP contribution in [0.25, 0.3) is 87.7 Å². The van der Waals surface area contributed by atoms with Gasteiger partial charge in [-0.1, -0.05) is 26.3 Å². The van der Waals surface area contributed by atoms with Gasteiger partial charge in [0, 0.05) is 175 Å². The van der Waals surface area contributed by atoms with E-state index in [1.165, 1.54) is 35.1 Å². The molecule has 16 heterocycles. The van der Waals surface area contributed by atoms with Gasteiger partial charge < -0.3 is 87.2 Å². The molecule has 0 amide bonds. The summed E-state index contributed by atoms with van der Waals surface area (Å²) in [6.07, 6.45) is 11.3. The zero-order valence-electron chi connectivity index (χ0n) is 73.8. The minimum Gasteiger partial charge on any atom is -0.489 e. The number of allylic oxidation sites excluding steroid dienone is 8. The minimum atomic E-state index is -0.620. The SMILES string of the molecule is C=C1C=C(C)c2cc3c(C)cc(=O)n(C)c3c3c2N1C(CN1CCCC1)CO3.C=C1C=C(C)c2cc3c(C)cc(=O)n(C)c3c3c2N1CC(N)CO3.C=C1C=C(C)c2cc3c(C)cc(=O)n(C)c3c3c2N1CC(O)CO3.C=C1C=C(C)c2cc3c(C)cc(=O)n(C)c3c3c2N1CCCO3.CNCC1COc2c3c(cc4c(C)cc(=O)n1c24)c(C)cc(=O)n3C. The molecule has 0 saturated carbocycles. The third kappa shape index (κ3) is 13.9. The highest BCUT2D eigenvalue weighted by atomic mass is 16.5. The summed E-state index contributed by atoms with van der Waals surface area (Å²) < 4.78 is 40.8. The normalized spacial score (nSPS) is 18.9. The summed E-state index contributed by atoms with van der Waals surface area (Å²) in [5, 5.41) is 19.5. The molecule has 10 aliphatic rings. The second kappa shape index (κ2) is 31.9. The number of pyridine rings is 6. The molecular formula is C99H109N13O12. The van der Waals surface area contributed by atoms with Crippen molar-refractivity contribution in [1.82, 2.24) is 37.6 Å². The minimum absolute atomic E-state index is 0.00237. The number of hydrogen-bond donors (Lipinski definition) is 3. The number of fused-ring (bicyclic) bond motifs is 10. The van der Waals surface area contributed by atoms with Crippen molar-refractivity contribution in [2.75, 3.05) is 105 Å². The number of aliphatic hydroxyl groups is 1. The van der Waals surface area contributed by atoms with E-state index in [-0.39, 0.29) is 58.1 Å². The van der Waals surface area contributed by atoms with Gasteiger partial charge in [0.05, 0.1) is 87.1 Å². The molecule has 6 aromatic heterocycles. The fraction of sp³-hybridized carbons (Fsp3) is 0.354. The summed E-state index contributed by atoms with van der Waals surface area (Å²) in [5.74, 6) is 3.64. The van der Waals surface area contributed by atoms with Gasteiger partial charge in [0.15, 0.2) is 28.7 Å². The summed E-state index contributed by atoms with van der Waals surface area (Å²) in [6.45, 7) is 45.1. The standard InChI is InChI=1S/C23H27N3O2.C19H21N3O3.C19H21N3O2.C19H20N2O3.C19H20N2O2/c1-14-9-16(3)26-17(12-25-7-5-6-8-25)13-28-23-21-18(11-19(14)22(23)26)15(2)10-20(27)24(21)4;1-10-5-15(23)21(4)17-13(10)7-14-11(2)6-16(24)22-12(8-20-3)9-25-19(17)18(14)22;1-10-5-12(3)22-8-13(20)9-24-19-17-14(7-15(10)18(19)22)11(2)6-16(23)21(17)4;1-10-5-12(3)21-8-13(22)9-24-19-17-14(7-15(10)18(19)21)11(2)6-16(23)20(17)4;1-11-8-13(3)21-6-5-7-23-19-17-14(10-15(11)18(19)21)12(2)9-16(22)20(17)4/h9-11,17H,3,5-8,12-13H2,1-2,4H3;5-7,12,20H,8-9H2,1-4H3;5-7,13H,3,8-9,20H2,1-2,4H3;5-7,13,22H,3,8-9H2,1-2,4H3;8-10H,3,5-7H2,1-2,4H3. The van der Waals surface area contributed by atoms with Gasteiger partial charge in [0.2, 0.25) is 0 Å². The Labute approximate surface area is 718 Å². The molecule has 4 N–H and O–H groups in total. The number of nitrogens with zero attached hydrogens (tertiary/aromatic N) is 11. The van der Waals surface area contributed by atoms with E-state index in [2.05, 4.69) is 121 Å². The van der Waals surface area contributed by atoms with Gasteiger partial charge in [-0.3, -0.25) is 33.3 Å². The van der Waals surface area contributed by atoms with E-state index in [1.807, 2.05) is 85.2 Å². The first-order valence-corrected chi connectivity index (χ1v) is 42.6. The number of ether oxygens (including phenoxy) is 5. The molecule has 124 heavy (non-hydrogen) atoms. The Morgan fingerprint density at radius 3 is 1.19 bits per heavy atom. The van der Waals surface area contributed by atoms with E-state index in [9.17, 15) is 33.9 Å². The van der Waals surface area contributed by atoms with Crippen LogP contribution >= 0.6 is 0 Å². The van der Waals surface area contributed by atoms with Gasteiger partial charge in [-0.2, -0.15) is 0 Å². The number of likely N-dealkylation sites (N-methyl/N-ethyl adjacent to an activating group) is 1. The van der Waals surface area contributed by atoms with Crippen LogP contribution in [0.2, 0.25) is 0 Å². The highest BCUT2D eigenvalue weighted by Crippen LogP contribution is 2.54. The van der Waals surface area contributed by atoms with Gasteiger partial charge in [-0.05, 0) is 219 Å². The first-order chi connectivity index (χ1) is 59.1. The molecule has 5 aromatic carbocycles. The Balaban J connectivity index is 0.000000110. The maximum absolute atomic E-state index is 12.7. The lowest BCUT2D eigenvalue weighted by molar-refractivity contribution is 0.120. The Hall–Kier alpha value is -12.7. The molecule has 25 nitrogen and oxygen atoms in total. The zero-order chi connectivity index (χ0) is 88.1. The van der Waals surface area contributed by atoms with Crippen LogP contribution < -0.4 is 87.7 Å². The van der Waals surface area contributed by atoms with E-state index in [0.717, 1.165) is 216 Å². The summed E-state index contributed by atoms with van der Waals surface area (Å²) in [5.41, 5.74) is 33.4. The quantitative estimate of drug-likeness (QED) is 0.138. The molecule has 11 aromatic rings.